The number of carbonyl (C=O) groups excluding carboxylic acids is 3. The molecule has 3 N–H and O–H groups in total. The number of ketones is 1. The fraction of sp³-hybridized carbons (Fsp3) is 0.500. The predicted molar refractivity (Wildman–Crippen MR) is 372 cm³/mol. The van der Waals surface area contributed by atoms with Gasteiger partial charge in [-0.2, -0.15) is 0 Å². The fourth-order valence-electron chi connectivity index (χ4n) is 13.0. The smallest absolute Gasteiger partial charge is 1.00 e. The van der Waals surface area contributed by atoms with Crippen molar-refractivity contribution in [1.29, 1.82) is 0 Å². The van der Waals surface area contributed by atoms with Crippen LogP contribution >= 0.6 is 0 Å². The molecule has 0 aliphatic heterocycles. The van der Waals surface area contributed by atoms with Crippen molar-refractivity contribution in [2.75, 3.05) is 20.3 Å². The number of ether oxygens (including phenoxy) is 3. The summed E-state index contributed by atoms with van der Waals surface area (Å²) in [7, 11) is 4.83. The molecule has 13 nitrogen and oxygen atoms in total. The number of imidazole rings is 2. The zero-order valence-corrected chi connectivity index (χ0v) is 61.8. The summed E-state index contributed by atoms with van der Waals surface area (Å²) >= 11 is 0. The van der Waals surface area contributed by atoms with Gasteiger partial charge in [-0.1, -0.05) is 156 Å². The molecule has 3 aliphatic rings. The van der Waals surface area contributed by atoms with Crippen molar-refractivity contribution in [3.63, 3.8) is 0 Å². The molecule has 2 heterocycles. The molecule has 7 aromatic rings. The second-order valence-electron chi connectivity index (χ2n) is 28.8. The van der Waals surface area contributed by atoms with Crippen molar-refractivity contribution < 1.29 is 74.9 Å². The number of phenolic OH excluding ortho intramolecular Hbond substituents is 1. The second kappa shape index (κ2) is 33.4. The SMILES string of the molecule is CC(=O)c1ccc2c(c1)C(C)(C)CCC2(C)C.CC(O)c1ccc2c(c1)C(C)(C)CCC2(C)C.CCOC(=O)C[C@@H](c1ccc(O)cc1)c1nccn1C.CCOC(=O)C[C@@H](c1ccc(OCc2ccc3c(c2)C(C)(C)CCC3(C)C)cc1)c1nccn1C.CO.[B].[H-].[Na+]. The molecule has 3 aliphatic carbocycles. The van der Waals surface area contributed by atoms with Gasteiger partial charge in [0.25, 0.3) is 0 Å². The molecule has 2 aromatic heterocycles. The summed E-state index contributed by atoms with van der Waals surface area (Å²) in [6, 6.07) is 34.4. The number of hydrogen-bond acceptors (Lipinski definition) is 11. The Labute approximate surface area is 582 Å². The molecule has 0 fully saturated rings. The molecular weight excluding hydrogens is 1170 g/mol. The van der Waals surface area contributed by atoms with Crippen molar-refractivity contribution in [2.24, 2.45) is 14.1 Å². The molecule has 3 atom stereocenters. The van der Waals surface area contributed by atoms with Gasteiger partial charge in [0, 0.05) is 60.0 Å². The van der Waals surface area contributed by atoms with E-state index >= 15 is 0 Å². The molecule has 3 radical (unpaired) electrons. The molecule has 0 saturated heterocycles. The summed E-state index contributed by atoms with van der Waals surface area (Å²) in [5.41, 5.74) is 14.9. The van der Waals surface area contributed by atoms with Crippen LogP contribution in [0.3, 0.4) is 0 Å². The Morgan fingerprint density at radius 1 is 0.527 bits per heavy atom. The number of Topliss-reactive ketones (excluding diaryl/α,β-unsaturated/α-hetero) is 1. The van der Waals surface area contributed by atoms with Gasteiger partial charge in [0.2, 0.25) is 0 Å². The third-order valence-corrected chi connectivity index (χ3v) is 19.2. The number of esters is 2. The van der Waals surface area contributed by atoms with Crippen LogP contribution in [0, 0.1) is 0 Å². The number of aromatic hydroxyl groups is 1. The fourth-order valence-corrected chi connectivity index (χ4v) is 13.0. The van der Waals surface area contributed by atoms with Gasteiger partial charge in [-0.25, -0.2) is 9.97 Å². The molecule has 93 heavy (non-hydrogen) atoms. The van der Waals surface area contributed by atoms with E-state index in [-0.39, 0.29) is 126 Å². The van der Waals surface area contributed by atoms with E-state index in [4.69, 9.17) is 19.3 Å². The summed E-state index contributed by atoms with van der Waals surface area (Å²) in [5, 5.41) is 26.1. The van der Waals surface area contributed by atoms with Crippen LogP contribution in [0.4, 0.5) is 0 Å². The summed E-state index contributed by atoms with van der Waals surface area (Å²) in [6.07, 6.45) is 14.6. The first-order valence-electron chi connectivity index (χ1n) is 32.5. The number of fused-ring (bicyclic) bond motifs is 3. The Morgan fingerprint density at radius 3 is 1.26 bits per heavy atom. The van der Waals surface area contributed by atoms with E-state index < -0.39 is 0 Å². The van der Waals surface area contributed by atoms with E-state index in [0.29, 0.717) is 19.8 Å². The Hall–Kier alpha value is -6.29. The van der Waals surface area contributed by atoms with Gasteiger partial charge in [0.05, 0.1) is 44.0 Å². The number of aliphatic hydroxyl groups is 2. The van der Waals surface area contributed by atoms with E-state index in [0.717, 1.165) is 46.8 Å². The molecule has 0 saturated carbocycles. The minimum atomic E-state index is -0.374. The van der Waals surface area contributed by atoms with Gasteiger partial charge in [-0.05, 0) is 185 Å². The number of nitrogens with zero attached hydrogens (tertiary/aromatic N) is 4. The van der Waals surface area contributed by atoms with Crippen molar-refractivity contribution in [1.82, 2.24) is 19.1 Å². The number of aryl methyl sites for hydroxylation is 2. The van der Waals surface area contributed by atoms with Crippen LogP contribution in [-0.4, -0.2) is 80.9 Å². The minimum absolute atomic E-state index is 0. The van der Waals surface area contributed by atoms with Crippen LogP contribution in [0.25, 0.3) is 0 Å². The number of phenols is 1. The van der Waals surface area contributed by atoms with E-state index in [2.05, 4.69) is 142 Å². The van der Waals surface area contributed by atoms with Crippen LogP contribution in [0.5, 0.6) is 11.5 Å². The first-order valence-corrected chi connectivity index (χ1v) is 32.5. The molecule has 0 amide bonds. The molecule has 0 bridgehead atoms. The zero-order chi connectivity index (χ0) is 67.4. The number of carbonyl (C=O) groups is 3. The number of rotatable bonds is 15. The largest absolute Gasteiger partial charge is 1.00 e. The van der Waals surface area contributed by atoms with Crippen molar-refractivity contribution in [3.8, 4) is 11.5 Å². The Balaban J connectivity index is 0.000000338. The van der Waals surface area contributed by atoms with Crippen LogP contribution in [-0.2, 0) is 72.3 Å². The number of hydrogen-bond donors (Lipinski definition) is 3. The molecule has 0 spiro atoms. The average Bonchev–Trinajstić information content (AvgIpc) is 0.986. The van der Waals surface area contributed by atoms with Gasteiger partial charge in [-0.15, -0.1) is 0 Å². The summed E-state index contributed by atoms with van der Waals surface area (Å²) in [5.74, 6) is 1.96. The third kappa shape index (κ3) is 20.1. The van der Waals surface area contributed by atoms with Gasteiger partial charge in [0.15, 0.2) is 5.78 Å². The van der Waals surface area contributed by atoms with Crippen LogP contribution in [0.2, 0.25) is 0 Å². The van der Waals surface area contributed by atoms with E-state index in [9.17, 15) is 24.6 Å². The first-order chi connectivity index (χ1) is 42.7. The maximum atomic E-state index is 12.3. The molecule has 10 rings (SSSR count). The second-order valence-corrected chi connectivity index (χ2v) is 28.8. The van der Waals surface area contributed by atoms with Gasteiger partial charge in [-0.3, -0.25) is 14.4 Å². The number of benzene rings is 5. The standard InChI is InChI=1S/C30H38N2O3.C16H24O.C16H22O.C15H18N2O3.CH4O.B.Na.H/c1-7-34-27(33)19-24(28-31-16-17-32(28)6)22-9-11-23(12-10-22)35-20-21-8-13-25-26(18-21)30(4,5)15-14-29(25,2)3;2*1-11(17)12-6-7-13-14(10-12)16(4,5)9-8-15(13,2)3;1-3-20-14(19)10-13(15-16-8-9-17(15)2)11-4-6-12(18)7-5-11;1-2;;;/h8-13,16-18,24H,7,14-15,19-20H2,1-6H3;6-7,10-11,17H,8-9H2,1-5H3;6-7,10H,8-9H2,1-5H3;4-9,13,18H,3,10H2,1-2H3;2H,1H3;;;/q;;;;;;+1;-1/t24-;;;13-;;;;/m0..0..../s1. The quantitative estimate of drug-likeness (QED) is 0.0506. The van der Waals surface area contributed by atoms with E-state index in [1.807, 2.05) is 79.8 Å². The van der Waals surface area contributed by atoms with Crippen molar-refractivity contribution in [2.45, 2.75) is 219 Å². The Morgan fingerprint density at radius 2 is 0.882 bits per heavy atom. The summed E-state index contributed by atoms with van der Waals surface area (Å²) < 4.78 is 20.2. The maximum absolute atomic E-state index is 12.3. The molecule has 5 aromatic carbocycles. The first kappa shape index (κ1) is 79.2. The number of aromatic nitrogens is 4. The van der Waals surface area contributed by atoms with Crippen LogP contribution in [0.1, 0.15) is 259 Å². The molecular formula is C78H107BN4NaO9. The Kier molecular flexibility index (Phi) is 28.4. The molecule has 15 heteroatoms. The zero-order valence-electron chi connectivity index (χ0n) is 60.8. The predicted octanol–water partition coefficient (Wildman–Crippen LogP) is 13.3. The third-order valence-electron chi connectivity index (χ3n) is 19.2. The van der Waals surface area contributed by atoms with Crippen LogP contribution < -0.4 is 34.3 Å². The van der Waals surface area contributed by atoms with E-state index in [1.165, 1.54) is 77.5 Å². The Bertz CT molecular complexity index is 3570. The average molecular weight is 1280 g/mol. The van der Waals surface area contributed by atoms with Crippen molar-refractivity contribution >= 4 is 26.1 Å². The van der Waals surface area contributed by atoms with E-state index in [1.54, 1.807) is 50.5 Å². The van der Waals surface area contributed by atoms with Gasteiger partial charge >= 0.3 is 41.5 Å². The summed E-state index contributed by atoms with van der Waals surface area (Å²) in [6.45, 7) is 36.2. The topological polar surface area (TPSA) is 175 Å². The van der Waals surface area contributed by atoms with Crippen molar-refractivity contribution in [3.05, 3.63) is 201 Å². The normalized spacial score (nSPS) is 17.0. The molecule has 497 valence electrons. The monoisotopic (exact) mass is 1280 g/mol. The molecule has 1 unspecified atom stereocenters. The van der Waals surface area contributed by atoms with Gasteiger partial charge < -0.3 is 40.1 Å². The van der Waals surface area contributed by atoms with Crippen LogP contribution in [0.15, 0.2) is 128 Å². The minimum Gasteiger partial charge on any atom is -1.00 e. The summed E-state index contributed by atoms with van der Waals surface area (Å²) in [4.78, 5) is 44.4. The number of aliphatic hydroxyl groups excluding tert-OH is 2. The van der Waals surface area contributed by atoms with Gasteiger partial charge in [0.1, 0.15) is 29.8 Å². The maximum Gasteiger partial charge on any atom is 1.00 e.